The number of esters is 1. The molecule has 1 amide bonds. The highest BCUT2D eigenvalue weighted by Gasteiger charge is 2.17. The van der Waals surface area contributed by atoms with Crippen molar-refractivity contribution in [2.75, 3.05) is 11.9 Å². The van der Waals surface area contributed by atoms with Crippen molar-refractivity contribution in [2.45, 2.75) is 13.8 Å². The summed E-state index contributed by atoms with van der Waals surface area (Å²) in [5, 5.41) is 11.6. The van der Waals surface area contributed by atoms with Crippen LogP contribution in [0.3, 0.4) is 0 Å². The fourth-order valence-electron chi connectivity index (χ4n) is 3.15. The number of anilines is 1. The average molecular weight is 415 g/mol. The number of nitrogens with one attached hydrogen (secondary N) is 1. The van der Waals surface area contributed by atoms with Crippen molar-refractivity contribution < 1.29 is 14.3 Å². The number of aryl methyl sites for hydroxylation is 1. The smallest absolute Gasteiger partial charge is 0.358 e. The summed E-state index contributed by atoms with van der Waals surface area (Å²) in [6.07, 6.45) is 1.64. The summed E-state index contributed by atoms with van der Waals surface area (Å²) in [6, 6.07) is 20.1. The Hall–Kier alpha value is -4.20. The molecule has 0 saturated heterocycles. The number of hydrogen-bond donors (Lipinski definition) is 1. The van der Waals surface area contributed by atoms with Crippen molar-refractivity contribution in [3.8, 4) is 11.4 Å². The SMILES string of the molecule is CCOC(=O)c1ccn(-c2ccccc2NC(=O)c2cc(C)n(-c3ccccc3)n2)n1. The molecule has 31 heavy (non-hydrogen) atoms. The molecule has 4 aromatic rings. The number of nitrogens with zero attached hydrogens (tertiary/aromatic N) is 4. The maximum Gasteiger partial charge on any atom is 0.358 e. The first-order valence-electron chi connectivity index (χ1n) is 9.82. The summed E-state index contributed by atoms with van der Waals surface area (Å²) < 4.78 is 8.23. The van der Waals surface area contributed by atoms with Crippen LogP contribution in [0.5, 0.6) is 0 Å². The number of carbonyl (C=O) groups excluding carboxylic acids is 2. The number of carbonyl (C=O) groups is 2. The Morgan fingerprint density at radius 1 is 0.968 bits per heavy atom. The summed E-state index contributed by atoms with van der Waals surface area (Å²) in [6.45, 7) is 3.90. The fraction of sp³-hybridized carbons (Fsp3) is 0.130. The molecule has 0 unspecified atom stereocenters. The predicted octanol–water partition coefficient (Wildman–Crippen LogP) is 3.80. The molecule has 0 saturated carbocycles. The Morgan fingerprint density at radius 2 is 1.71 bits per heavy atom. The zero-order chi connectivity index (χ0) is 21.8. The fourth-order valence-corrected chi connectivity index (χ4v) is 3.15. The number of hydrogen-bond acceptors (Lipinski definition) is 5. The van der Waals surface area contributed by atoms with Crippen molar-refractivity contribution in [1.82, 2.24) is 19.6 Å². The van der Waals surface area contributed by atoms with Crippen LogP contribution in [0.1, 0.15) is 33.6 Å². The molecule has 0 radical (unpaired) electrons. The Morgan fingerprint density at radius 3 is 2.48 bits per heavy atom. The van der Waals surface area contributed by atoms with E-state index in [2.05, 4.69) is 15.5 Å². The maximum absolute atomic E-state index is 12.9. The van der Waals surface area contributed by atoms with Gasteiger partial charge in [0.25, 0.3) is 5.91 Å². The van der Waals surface area contributed by atoms with E-state index in [1.165, 1.54) is 4.68 Å². The predicted molar refractivity (Wildman–Crippen MR) is 116 cm³/mol. The third-order valence-corrected chi connectivity index (χ3v) is 4.59. The molecule has 0 fully saturated rings. The number of benzene rings is 2. The van der Waals surface area contributed by atoms with Crippen LogP contribution in [-0.4, -0.2) is 38.0 Å². The molecule has 8 heteroatoms. The molecular weight excluding hydrogens is 394 g/mol. The molecule has 0 spiro atoms. The lowest BCUT2D eigenvalue weighted by atomic mass is 10.2. The van der Waals surface area contributed by atoms with Crippen molar-refractivity contribution in [1.29, 1.82) is 0 Å². The Bertz CT molecular complexity index is 1230. The monoisotopic (exact) mass is 415 g/mol. The second kappa shape index (κ2) is 8.66. The van der Waals surface area contributed by atoms with Crippen LogP contribution in [0.15, 0.2) is 72.9 Å². The van der Waals surface area contributed by atoms with Gasteiger partial charge in [0.15, 0.2) is 11.4 Å². The quantitative estimate of drug-likeness (QED) is 0.484. The Kier molecular flexibility index (Phi) is 5.61. The molecule has 4 rings (SSSR count). The molecule has 0 aliphatic heterocycles. The van der Waals surface area contributed by atoms with Gasteiger partial charge in [0.2, 0.25) is 0 Å². The second-order valence-electron chi connectivity index (χ2n) is 6.76. The molecule has 8 nitrogen and oxygen atoms in total. The summed E-state index contributed by atoms with van der Waals surface area (Å²) in [5.41, 5.74) is 3.37. The van der Waals surface area contributed by atoms with Crippen molar-refractivity contribution >= 4 is 17.6 Å². The van der Waals surface area contributed by atoms with Crippen LogP contribution in [0.25, 0.3) is 11.4 Å². The number of ether oxygens (including phenoxy) is 1. The van der Waals surface area contributed by atoms with Crippen LogP contribution >= 0.6 is 0 Å². The van der Waals surface area contributed by atoms with Gasteiger partial charge in [-0.05, 0) is 50.2 Å². The first-order chi connectivity index (χ1) is 15.1. The number of para-hydroxylation sites is 3. The van der Waals surface area contributed by atoms with E-state index in [9.17, 15) is 9.59 Å². The normalized spacial score (nSPS) is 10.6. The van der Waals surface area contributed by atoms with Gasteiger partial charge in [0.1, 0.15) is 0 Å². The van der Waals surface area contributed by atoms with E-state index in [-0.39, 0.29) is 18.2 Å². The van der Waals surface area contributed by atoms with E-state index < -0.39 is 5.97 Å². The van der Waals surface area contributed by atoms with Crippen molar-refractivity contribution in [2.24, 2.45) is 0 Å². The highest BCUT2D eigenvalue weighted by atomic mass is 16.5. The molecule has 1 N–H and O–H groups in total. The van der Waals surface area contributed by atoms with E-state index in [1.54, 1.807) is 42.1 Å². The minimum absolute atomic E-state index is 0.195. The van der Waals surface area contributed by atoms with Gasteiger partial charge in [-0.15, -0.1) is 0 Å². The van der Waals surface area contributed by atoms with Gasteiger partial charge in [0.05, 0.1) is 23.7 Å². The zero-order valence-electron chi connectivity index (χ0n) is 17.1. The maximum atomic E-state index is 12.9. The minimum Gasteiger partial charge on any atom is -0.461 e. The van der Waals surface area contributed by atoms with Gasteiger partial charge in [0, 0.05) is 11.9 Å². The molecule has 2 aromatic heterocycles. The standard InChI is InChI=1S/C23H21N5O3/c1-3-31-23(30)19-13-14-27(25-19)21-12-8-7-11-18(21)24-22(29)20-15-16(2)28(26-20)17-9-5-4-6-10-17/h4-15H,3H2,1-2H3,(H,24,29). The van der Waals surface area contributed by atoms with E-state index in [4.69, 9.17) is 4.74 Å². The van der Waals surface area contributed by atoms with E-state index in [0.717, 1.165) is 11.4 Å². The third-order valence-electron chi connectivity index (χ3n) is 4.59. The molecule has 2 aromatic carbocycles. The van der Waals surface area contributed by atoms with Crippen molar-refractivity contribution in [3.05, 3.63) is 90.0 Å². The third kappa shape index (κ3) is 4.23. The summed E-state index contributed by atoms with van der Waals surface area (Å²) in [5.74, 6) is -0.840. The lowest BCUT2D eigenvalue weighted by molar-refractivity contribution is 0.0519. The van der Waals surface area contributed by atoms with Gasteiger partial charge in [-0.3, -0.25) is 4.79 Å². The molecule has 0 atom stereocenters. The lowest BCUT2D eigenvalue weighted by Crippen LogP contribution is -2.15. The largest absolute Gasteiger partial charge is 0.461 e. The first-order valence-corrected chi connectivity index (χ1v) is 9.82. The molecule has 0 bridgehead atoms. The number of amides is 1. The topological polar surface area (TPSA) is 91.0 Å². The van der Waals surface area contributed by atoms with Crippen LogP contribution in [-0.2, 0) is 4.74 Å². The highest BCUT2D eigenvalue weighted by Crippen LogP contribution is 2.21. The number of rotatable bonds is 6. The Balaban J connectivity index is 1.59. The van der Waals surface area contributed by atoms with Gasteiger partial charge in [-0.25, -0.2) is 14.2 Å². The van der Waals surface area contributed by atoms with Gasteiger partial charge in [-0.1, -0.05) is 30.3 Å². The first kappa shape index (κ1) is 20.1. The summed E-state index contributed by atoms with van der Waals surface area (Å²) >= 11 is 0. The van der Waals surface area contributed by atoms with Gasteiger partial charge >= 0.3 is 5.97 Å². The zero-order valence-corrected chi connectivity index (χ0v) is 17.1. The second-order valence-corrected chi connectivity index (χ2v) is 6.76. The van der Waals surface area contributed by atoms with Crippen molar-refractivity contribution in [3.63, 3.8) is 0 Å². The Labute approximate surface area is 179 Å². The molecular formula is C23H21N5O3. The highest BCUT2D eigenvalue weighted by molar-refractivity contribution is 6.04. The van der Waals surface area contributed by atoms with E-state index >= 15 is 0 Å². The van der Waals surface area contributed by atoms with Crippen LogP contribution < -0.4 is 5.32 Å². The minimum atomic E-state index is -0.496. The average Bonchev–Trinajstić information content (AvgIpc) is 3.42. The summed E-state index contributed by atoms with van der Waals surface area (Å²) in [7, 11) is 0. The lowest BCUT2D eigenvalue weighted by Gasteiger charge is -2.10. The van der Waals surface area contributed by atoms with E-state index in [0.29, 0.717) is 17.1 Å². The van der Waals surface area contributed by atoms with Gasteiger partial charge in [-0.2, -0.15) is 10.2 Å². The molecule has 0 aliphatic rings. The molecule has 2 heterocycles. The summed E-state index contributed by atoms with van der Waals surface area (Å²) in [4.78, 5) is 24.8. The van der Waals surface area contributed by atoms with Gasteiger partial charge < -0.3 is 10.1 Å². The van der Waals surface area contributed by atoms with Crippen LogP contribution in [0, 0.1) is 6.92 Å². The number of aromatic nitrogens is 4. The van der Waals surface area contributed by atoms with Crippen LogP contribution in [0.2, 0.25) is 0 Å². The molecule has 0 aliphatic carbocycles. The molecule has 156 valence electrons. The van der Waals surface area contributed by atoms with Crippen LogP contribution in [0.4, 0.5) is 5.69 Å². The van der Waals surface area contributed by atoms with E-state index in [1.807, 2.05) is 49.4 Å².